The average molecular weight is 337 g/mol. The van der Waals surface area contributed by atoms with E-state index in [1.54, 1.807) is 32.0 Å². The van der Waals surface area contributed by atoms with Gasteiger partial charge in [0.15, 0.2) is 5.76 Å². The van der Waals surface area contributed by atoms with E-state index in [0.717, 1.165) is 5.56 Å². The number of aryl methyl sites for hydroxylation is 1. The Labute approximate surface area is 145 Å². The molecule has 3 rings (SSSR count). The summed E-state index contributed by atoms with van der Waals surface area (Å²) < 4.78 is 6.49. The maximum Gasteiger partial charge on any atom is 0.267 e. The number of hydrogen-bond acceptors (Lipinski definition) is 4. The van der Waals surface area contributed by atoms with Crippen molar-refractivity contribution in [1.29, 1.82) is 0 Å². The topological polar surface area (TPSA) is 77.1 Å². The summed E-state index contributed by atoms with van der Waals surface area (Å²) in [5, 5.41) is 7.14. The number of hydrogen-bond donors (Lipinski definition) is 1. The van der Waals surface area contributed by atoms with Crippen LogP contribution < -0.4 is 10.9 Å². The van der Waals surface area contributed by atoms with Gasteiger partial charge in [-0.25, -0.2) is 4.68 Å². The van der Waals surface area contributed by atoms with Crippen LogP contribution in [0.25, 0.3) is 11.5 Å². The molecule has 6 nitrogen and oxygen atoms in total. The minimum absolute atomic E-state index is 0.331. The van der Waals surface area contributed by atoms with E-state index in [2.05, 4.69) is 10.4 Å². The van der Waals surface area contributed by atoms with Crippen molar-refractivity contribution >= 4 is 11.6 Å². The van der Waals surface area contributed by atoms with Gasteiger partial charge in [0.2, 0.25) is 0 Å². The number of carbonyl (C=O) groups excluding carboxylic acids is 1. The zero-order chi connectivity index (χ0) is 18.0. The van der Waals surface area contributed by atoms with E-state index in [-0.39, 0.29) is 11.5 Å². The van der Waals surface area contributed by atoms with Gasteiger partial charge in [0.25, 0.3) is 11.5 Å². The third kappa shape index (κ3) is 3.38. The van der Waals surface area contributed by atoms with Gasteiger partial charge in [-0.2, -0.15) is 5.10 Å². The van der Waals surface area contributed by atoms with Crippen LogP contribution in [0.4, 0.5) is 5.69 Å². The van der Waals surface area contributed by atoms with Crippen LogP contribution in [0.2, 0.25) is 0 Å². The van der Waals surface area contributed by atoms with Crippen LogP contribution in [-0.4, -0.2) is 15.7 Å². The molecule has 1 amide bonds. The molecule has 0 radical (unpaired) electrons. The van der Waals surface area contributed by atoms with Crippen LogP contribution in [0.1, 0.15) is 19.4 Å². The molecule has 0 aliphatic heterocycles. The van der Waals surface area contributed by atoms with E-state index in [4.69, 9.17) is 4.42 Å². The third-order valence-corrected chi connectivity index (χ3v) is 3.97. The maximum atomic E-state index is 12.7. The van der Waals surface area contributed by atoms with Gasteiger partial charge in [-0.3, -0.25) is 9.59 Å². The van der Waals surface area contributed by atoms with Crippen molar-refractivity contribution in [3.8, 4) is 11.5 Å². The number of rotatable bonds is 4. The molecule has 0 fully saturated rings. The van der Waals surface area contributed by atoms with E-state index >= 15 is 0 Å². The summed E-state index contributed by atoms with van der Waals surface area (Å²) in [6, 6.07) is 13.9. The summed E-state index contributed by atoms with van der Waals surface area (Å²) in [4.78, 5) is 25.0. The minimum Gasteiger partial charge on any atom is -0.463 e. The van der Waals surface area contributed by atoms with Crippen LogP contribution >= 0.6 is 0 Å². The molecule has 0 saturated carbocycles. The Morgan fingerprint density at radius 2 is 1.84 bits per heavy atom. The second-order valence-electron chi connectivity index (χ2n) is 6.33. The Balaban J connectivity index is 1.93. The second kappa shape index (κ2) is 6.39. The fourth-order valence-electron chi connectivity index (χ4n) is 2.38. The van der Waals surface area contributed by atoms with Crippen molar-refractivity contribution in [3.05, 3.63) is 70.7 Å². The van der Waals surface area contributed by atoms with E-state index in [0.29, 0.717) is 17.1 Å². The van der Waals surface area contributed by atoms with Gasteiger partial charge < -0.3 is 9.73 Å². The highest BCUT2D eigenvalue weighted by atomic mass is 16.3. The maximum absolute atomic E-state index is 12.7. The Morgan fingerprint density at radius 1 is 1.12 bits per heavy atom. The van der Waals surface area contributed by atoms with Crippen molar-refractivity contribution in [3.63, 3.8) is 0 Å². The summed E-state index contributed by atoms with van der Waals surface area (Å²) >= 11 is 0. The Hall–Kier alpha value is -3.15. The predicted molar refractivity (Wildman–Crippen MR) is 95.3 cm³/mol. The first kappa shape index (κ1) is 16.7. The predicted octanol–water partition coefficient (Wildman–Crippen LogP) is 3.19. The van der Waals surface area contributed by atoms with Crippen molar-refractivity contribution in [1.82, 2.24) is 9.78 Å². The van der Waals surface area contributed by atoms with Gasteiger partial charge in [0.1, 0.15) is 11.2 Å². The lowest BCUT2D eigenvalue weighted by atomic mass is 10.0. The normalized spacial score (nSPS) is 11.3. The van der Waals surface area contributed by atoms with Crippen LogP contribution in [0.15, 0.2) is 64.0 Å². The van der Waals surface area contributed by atoms with Crippen molar-refractivity contribution < 1.29 is 9.21 Å². The number of aromatic nitrogens is 2. The lowest BCUT2D eigenvalue weighted by Gasteiger charge is -2.25. The quantitative estimate of drug-likeness (QED) is 0.793. The second-order valence-corrected chi connectivity index (χ2v) is 6.33. The molecule has 1 aromatic carbocycles. The highest BCUT2D eigenvalue weighted by Gasteiger charge is 2.32. The molecule has 0 bridgehead atoms. The molecule has 0 unspecified atom stereocenters. The largest absolute Gasteiger partial charge is 0.463 e. The molecule has 0 spiro atoms. The molecule has 2 heterocycles. The Bertz CT molecular complexity index is 939. The highest BCUT2D eigenvalue weighted by Crippen LogP contribution is 2.20. The molecule has 0 aliphatic rings. The summed E-state index contributed by atoms with van der Waals surface area (Å²) in [5.74, 6) is 0.200. The number of benzene rings is 1. The molecule has 6 heteroatoms. The van der Waals surface area contributed by atoms with Gasteiger partial charge in [0.05, 0.1) is 6.26 Å². The fraction of sp³-hybridized carbons (Fsp3) is 0.211. The summed E-state index contributed by atoms with van der Waals surface area (Å²) in [7, 11) is 0. The molecular weight excluding hydrogens is 318 g/mol. The Morgan fingerprint density at radius 3 is 2.48 bits per heavy atom. The molecular formula is C19H19N3O3. The van der Waals surface area contributed by atoms with Crippen LogP contribution in [0.3, 0.4) is 0 Å². The fourth-order valence-corrected chi connectivity index (χ4v) is 2.38. The van der Waals surface area contributed by atoms with Gasteiger partial charge in [-0.1, -0.05) is 17.7 Å². The van der Waals surface area contributed by atoms with Gasteiger partial charge in [0, 0.05) is 11.8 Å². The lowest BCUT2D eigenvalue weighted by Crippen LogP contribution is -2.47. The summed E-state index contributed by atoms with van der Waals surface area (Å²) in [6.07, 6.45) is 1.53. The van der Waals surface area contributed by atoms with Crippen molar-refractivity contribution in [2.45, 2.75) is 26.3 Å². The number of furan rings is 1. The van der Waals surface area contributed by atoms with Gasteiger partial charge in [-0.15, -0.1) is 0 Å². The van der Waals surface area contributed by atoms with Gasteiger partial charge >= 0.3 is 0 Å². The van der Waals surface area contributed by atoms with E-state index < -0.39 is 5.54 Å². The molecule has 1 N–H and O–H groups in total. The molecule has 128 valence electrons. The highest BCUT2D eigenvalue weighted by molar-refractivity contribution is 5.96. The first-order valence-corrected chi connectivity index (χ1v) is 7.91. The number of carbonyl (C=O) groups is 1. The van der Waals surface area contributed by atoms with E-state index in [9.17, 15) is 9.59 Å². The minimum atomic E-state index is -1.18. The van der Waals surface area contributed by atoms with Crippen molar-refractivity contribution in [2.75, 3.05) is 5.32 Å². The van der Waals surface area contributed by atoms with Crippen LogP contribution in [0, 0.1) is 6.92 Å². The van der Waals surface area contributed by atoms with E-state index in [1.165, 1.54) is 17.0 Å². The smallest absolute Gasteiger partial charge is 0.267 e. The standard InChI is InChI=1S/C19H19N3O3/c1-13-6-8-14(9-7-13)20-18(24)19(2,3)22-17(23)11-10-15(21-22)16-5-4-12-25-16/h4-12H,1-3H3,(H,20,24). The zero-order valence-electron chi connectivity index (χ0n) is 14.3. The van der Waals surface area contributed by atoms with Crippen molar-refractivity contribution in [2.24, 2.45) is 0 Å². The molecule has 25 heavy (non-hydrogen) atoms. The number of amides is 1. The molecule has 3 aromatic rings. The number of anilines is 1. The van der Waals surface area contributed by atoms with Crippen LogP contribution in [0.5, 0.6) is 0 Å². The van der Waals surface area contributed by atoms with Gasteiger partial charge in [-0.05, 0) is 51.1 Å². The number of nitrogens with zero attached hydrogens (tertiary/aromatic N) is 2. The SMILES string of the molecule is Cc1ccc(NC(=O)C(C)(C)n2nc(-c3ccco3)ccc2=O)cc1. The third-order valence-electron chi connectivity index (χ3n) is 3.97. The van der Waals surface area contributed by atoms with E-state index in [1.807, 2.05) is 31.2 Å². The lowest BCUT2D eigenvalue weighted by molar-refractivity contribution is -0.123. The van der Waals surface area contributed by atoms with Crippen LogP contribution in [-0.2, 0) is 10.3 Å². The monoisotopic (exact) mass is 337 g/mol. The number of nitrogens with one attached hydrogen (secondary N) is 1. The summed E-state index contributed by atoms with van der Waals surface area (Å²) in [6.45, 7) is 5.27. The zero-order valence-corrected chi connectivity index (χ0v) is 14.3. The summed E-state index contributed by atoms with van der Waals surface area (Å²) in [5.41, 5.74) is 0.713. The molecule has 0 saturated heterocycles. The Kier molecular flexibility index (Phi) is 4.27. The average Bonchev–Trinajstić information content (AvgIpc) is 3.11. The first-order valence-electron chi connectivity index (χ1n) is 7.91. The molecule has 0 atom stereocenters. The molecule has 0 aliphatic carbocycles. The first-order chi connectivity index (χ1) is 11.9. The molecule has 2 aromatic heterocycles.